The number of rotatable bonds is 3. The fourth-order valence-corrected chi connectivity index (χ4v) is 1.32. The molecular formula is C10H8F3N5O2. The molecule has 0 aliphatic rings. The van der Waals surface area contributed by atoms with Crippen LogP contribution in [0.3, 0.4) is 0 Å². The van der Waals surface area contributed by atoms with Crippen LogP contribution < -0.4 is 10.1 Å². The molecule has 2 rings (SSSR count). The Hall–Kier alpha value is -2.65. The number of nitrogens with zero attached hydrogens (tertiary/aromatic N) is 4. The third-order valence-corrected chi connectivity index (χ3v) is 2.20. The molecule has 10 heteroatoms. The van der Waals surface area contributed by atoms with Crippen LogP contribution in [-0.4, -0.2) is 32.5 Å². The molecule has 2 aromatic rings. The molecule has 1 N–H and O–H groups in total. The van der Waals surface area contributed by atoms with Crippen molar-refractivity contribution in [3.63, 3.8) is 0 Å². The number of aryl methyl sites for hydroxylation is 1. The highest BCUT2D eigenvalue weighted by Gasteiger charge is 2.31. The average molecular weight is 287 g/mol. The van der Waals surface area contributed by atoms with E-state index in [2.05, 4.69) is 25.6 Å². The van der Waals surface area contributed by atoms with E-state index in [0.717, 1.165) is 12.1 Å². The molecule has 106 valence electrons. The SMILES string of the molecule is Cn1nnnc1NC(=O)c1ccc(OC(F)(F)F)cc1. The van der Waals surface area contributed by atoms with E-state index in [1.165, 1.54) is 23.9 Å². The molecule has 1 aromatic carbocycles. The second-order valence-electron chi connectivity index (χ2n) is 3.65. The van der Waals surface area contributed by atoms with E-state index in [0.29, 0.717) is 0 Å². The van der Waals surface area contributed by atoms with E-state index < -0.39 is 18.0 Å². The van der Waals surface area contributed by atoms with Crippen molar-refractivity contribution in [1.29, 1.82) is 0 Å². The third kappa shape index (κ3) is 3.43. The molecule has 0 bridgehead atoms. The predicted molar refractivity (Wildman–Crippen MR) is 59.9 cm³/mol. The number of ether oxygens (including phenoxy) is 1. The Morgan fingerprint density at radius 2 is 1.95 bits per heavy atom. The molecule has 1 heterocycles. The van der Waals surface area contributed by atoms with Crippen LogP contribution in [0.2, 0.25) is 0 Å². The van der Waals surface area contributed by atoms with Crippen LogP contribution in [0.15, 0.2) is 24.3 Å². The van der Waals surface area contributed by atoms with Gasteiger partial charge in [-0.3, -0.25) is 10.1 Å². The third-order valence-electron chi connectivity index (χ3n) is 2.20. The van der Waals surface area contributed by atoms with Gasteiger partial charge in [0.25, 0.3) is 5.91 Å². The summed E-state index contributed by atoms with van der Waals surface area (Å²) in [5.74, 6) is -0.846. The van der Waals surface area contributed by atoms with Crippen LogP contribution in [0.25, 0.3) is 0 Å². The highest BCUT2D eigenvalue weighted by molar-refractivity contribution is 6.03. The summed E-state index contributed by atoms with van der Waals surface area (Å²) in [6, 6.07) is 4.47. The van der Waals surface area contributed by atoms with Crippen molar-refractivity contribution in [2.45, 2.75) is 6.36 Å². The van der Waals surface area contributed by atoms with Crippen molar-refractivity contribution in [2.24, 2.45) is 7.05 Å². The number of carbonyl (C=O) groups excluding carboxylic acids is 1. The van der Waals surface area contributed by atoms with Gasteiger partial charge in [-0.2, -0.15) is 0 Å². The van der Waals surface area contributed by atoms with Crippen molar-refractivity contribution in [3.05, 3.63) is 29.8 Å². The van der Waals surface area contributed by atoms with Gasteiger partial charge >= 0.3 is 6.36 Å². The molecule has 20 heavy (non-hydrogen) atoms. The van der Waals surface area contributed by atoms with Crippen LogP contribution >= 0.6 is 0 Å². The number of benzene rings is 1. The van der Waals surface area contributed by atoms with E-state index in [4.69, 9.17) is 0 Å². The quantitative estimate of drug-likeness (QED) is 0.921. The van der Waals surface area contributed by atoms with Crippen LogP contribution in [0.5, 0.6) is 5.75 Å². The lowest BCUT2D eigenvalue weighted by Crippen LogP contribution is -2.18. The van der Waals surface area contributed by atoms with Gasteiger partial charge in [-0.25, -0.2) is 4.68 Å². The van der Waals surface area contributed by atoms with Gasteiger partial charge in [0.2, 0.25) is 5.95 Å². The van der Waals surface area contributed by atoms with Crippen molar-refractivity contribution < 1.29 is 22.7 Å². The van der Waals surface area contributed by atoms with E-state index in [1.807, 2.05) is 0 Å². The Kier molecular flexibility index (Phi) is 3.55. The van der Waals surface area contributed by atoms with Gasteiger partial charge in [-0.1, -0.05) is 5.10 Å². The zero-order chi connectivity index (χ0) is 14.8. The molecule has 0 unspecified atom stereocenters. The lowest BCUT2D eigenvalue weighted by atomic mass is 10.2. The predicted octanol–water partition coefficient (Wildman–Crippen LogP) is 1.36. The Morgan fingerprint density at radius 3 is 2.45 bits per heavy atom. The number of aromatic nitrogens is 4. The fourth-order valence-electron chi connectivity index (χ4n) is 1.32. The standard InChI is InChI=1S/C10H8F3N5O2/c1-18-9(15-16-17-18)14-8(19)6-2-4-7(5-3-6)20-10(11,12)13/h2-5H,1H3,(H,14,15,17,19). The number of anilines is 1. The molecule has 7 nitrogen and oxygen atoms in total. The topological polar surface area (TPSA) is 81.9 Å². The van der Waals surface area contributed by atoms with Gasteiger partial charge in [0.05, 0.1) is 0 Å². The minimum Gasteiger partial charge on any atom is -0.406 e. The zero-order valence-corrected chi connectivity index (χ0v) is 10.0. The number of hydrogen-bond donors (Lipinski definition) is 1. The average Bonchev–Trinajstić information content (AvgIpc) is 2.74. The summed E-state index contributed by atoms with van der Waals surface area (Å²) < 4.78 is 40.8. The Bertz CT molecular complexity index is 608. The highest BCUT2D eigenvalue weighted by Crippen LogP contribution is 2.22. The second-order valence-corrected chi connectivity index (χ2v) is 3.65. The molecule has 0 fully saturated rings. The number of nitrogens with one attached hydrogen (secondary N) is 1. The van der Waals surface area contributed by atoms with Crippen molar-refractivity contribution in [1.82, 2.24) is 20.2 Å². The van der Waals surface area contributed by atoms with Gasteiger partial charge in [-0.05, 0) is 34.7 Å². The van der Waals surface area contributed by atoms with Crippen LogP contribution in [0.1, 0.15) is 10.4 Å². The van der Waals surface area contributed by atoms with Crippen molar-refractivity contribution >= 4 is 11.9 Å². The van der Waals surface area contributed by atoms with Gasteiger partial charge < -0.3 is 4.74 Å². The molecule has 0 aliphatic heterocycles. The first-order chi connectivity index (χ1) is 9.35. The Morgan fingerprint density at radius 1 is 1.30 bits per heavy atom. The van der Waals surface area contributed by atoms with Gasteiger partial charge in [-0.15, -0.1) is 13.2 Å². The highest BCUT2D eigenvalue weighted by atomic mass is 19.4. The smallest absolute Gasteiger partial charge is 0.406 e. The molecule has 0 saturated heterocycles. The summed E-state index contributed by atoms with van der Waals surface area (Å²) in [4.78, 5) is 11.8. The Balaban J connectivity index is 2.06. The first-order valence-corrected chi connectivity index (χ1v) is 5.25. The Labute approximate surface area is 110 Å². The number of amides is 1. The number of hydrogen-bond acceptors (Lipinski definition) is 5. The minimum absolute atomic E-state index is 0.116. The summed E-state index contributed by atoms with van der Waals surface area (Å²) in [7, 11) is 1.52. The molecule has 0 spiro atoms. The molecule has 0 atom stereocenters. The monoisotopic (exact) mass is 287 g/mol. The fraction of sp³-hybridized carbons (Fsp3) is 0.200. The first kappa shape index (κ1) is 13.8. The summed E-state index contributed by atoms with van der Waals surface area (Å²) in [5.41, 5.74) is 0.141. The van der Waals surface area contributed by atoms with E-state index >= 15 is 0 Å². The van der Waals surface area contributed by atoms with E-state index in [9.17, 15) is 18.0 Å². The van der Waals surface area contributed by atoms with Gasteiger partial charge in [0, 0.05) is 12.6 Å². The van der Waals surface area contributed by atoms with Crippen molar-refractivity contribution in [3.8, 4) is 5.75 Å². The summed E-state index contributed by atoms with van der Waals surface area (Å²) in [6.45, 7) is 0. The molecule has 0 saturated carbocycles. The normalized spacial score (nSPS) is 11.2. The molecule has 1 amide bonds. The van der Waals surface area contributed by atoms with Crippen LogP contribution in [0.4, 0.5) is 19.1 Å². The van der Waals surface area contributed by atoms with Gasteiger partial charge in [0.15, 0.2) is 0 Å². The van der Waals surface area contributed by atoms with Crippen LogP contribution in [0, 0.1) is 0 Å². The lowest BCUT2D eigenvalue weighted by Gasteiger charge is -2.09. The second kappa shape index (κ2) is 5.15. The molecule has 0 radical (unpaired) electrons. The van der Waals surface area contributed by atoms with E-state index in [1.54, 1.807) is 0 Å². The van der Waals surface area contributed by atoms with Crippen molar-refractivity contribution in [2.75, 3.05) is 5.32 Å². The van der Waals surface area contributed by atoms with Gasteiger partial charge in [0.1, 0.15) is 5.75 Å². The largest absolute Gasteiger partial charge is 0.573 e. The minimum atomic E-state index is -4.77. The molecule has 1 aromatic heterocycles. The number of carbonyl (C=O) groups is 1. The summed E-state index contributed by atoms with van der Waals surface area (Å²) >= 11 is 0. The summed E-state index contributed by atoms with van der Waals surface area (Å²) in [6.07, 6.45) is -4.77. The number of alkyl halides is 3. The first-order valence-electron chi connectivity index (χ1n) is 5.25. The maximum Gasteiger partial charge on any atom is 0.573 e. The maximum atomic E-state index is 12.0. The summed E-state index contributed by atoms with van der Waals surface area (Å²) in [5, 5.41) is 12.8. The zero-order valence-electron chi connectivity index (χ0n) is 10.0. The molecule has 0 aliphatic carbocycles. The maximum absolute atomic E-state index is 12.0. The number of tetrazole rings is 1. The molecular weight excluding hydrogens is 279 g/mol. The number of halogens is 3. The lowest BCUT2D eigenvalue weighted by molar-refractivity contribution is -0.274. The van der Waals surface area contributed by atoms with Crippen LogP contribution in [-0.2, 0) is 7.05 Å². The van der Waals surface area contributed by atoms with E-state index in [-0.39, 0.29) is 11.5 Å².